The van der Waals surface area contributed by atoms with Gasteiger partial charge in [-0.3, -0.25) is 4.90 Å². The molecule has 2 aromatic heterocycles. The van der Waals surface area contributed by atoms with Crippen molar-refractivity contribution in [3.8, 4) is 0 Å². The lowest BCUT2D eigenvalue weighted by Gasteiger charge is -2.63. The number of likely N-dealkylation sites (tertiary alicyclic amines) is 3. The number of hydrogen-bond acceptors (Lipinski definition) is 7. The third-order valence-electron chi connectivity index (χ3n) is 8.86. The van der Waals surface area contributed by atoms with Crippen molar-refractivity contribution >= 4 is 17.6 Å². The molecular formula is C23H30N8OS. The molecule has 0 unspecified atom stereocenters. The number of carbonyl (C=O) groups excluding carboxylic acids is 1. The number of urea groups is 1. The molecule has 6 aliphatic rings. The van der Waals surface area contributed by atoms with E-state index >= 15 is 0 Å². The third kappa shape index (κ3) is 3.09. The smallest absolute Gasteiger partial charge is 0.320 e. The van der Waals surface area contributed by atoms with Gasteiger partial charge in [0.05, 0.1) is 16.6 Å². The SMILES string of the molecule is O=C(N1CC2(CC(n3cnc(C4CC4)n3)C2)C1)N1CC2(CN(Cc3snnc3C3CC3)C2)C1. The van der Waals surface area contributed by atoms with Crippen LogP contribution in [0.1, 0.15) is 72.8 Å². The second kappa shape index (κ2) is 6.53. The highest BCUT2D eigenvalue weighted by Gasteiger charge is 2.58. The zero-order valence-electron chi connectivity index (χ0n) is 18.9. The van der Waals surface area contributed by atoms with Crippen LogP contribution in [-0.2, 0) is 6.54 Å². The summed E-state index contributed by atoms with van der Waals surface area (Å²) >= 11 is 1.57. The molecule has 0 radical (unpaired) electrons. The van der Waals surface area contributed by atoms with E-state index < -0.39 is 0 Å². The van der Waals surface area contributed by atoms with Gasteiger partial charge in [-0.1, -0.05) is 4.49 Å². The molecule has 3 aliphatic carbocycles. The van der Waals surface area contributed by atoms with E-state index in [0.29, 0.717) is 28.7 Å². The summed E-state index contributed by atoms with van der Waals surface area (Å²) in [5.41, 5.74) is 1.93. The predicted octanol–water partition coefficient (Wildman–Crippen LogP) is 2.46. The molecule has 2 aromatic rings. The highest BCUT2D eigenvalue weighted by Crippen LogP contribution is 2.54. The van der Waals surface area contributed by atoms with Crippen molar-refractivity contribution in [2.45, 2.75) is 62.9 Å². The maximum Gasteiger partial charge on any atom is 0.320 e. The number of amides is 2. The Kier molecular flexibility index (Phi) is 3.81. The zero-order chi connectivity index (χ0) is 21.8. The minimum Gasteiger partial charge on any atom is -0.323 e. The quantitative estimate of drug-likeness (QED) is 0.673. The minimum absolute atomic E-state index is 0.257. The Morgan fingerprint density at radius 3 is 2.36 bits per heavy atom. The summed E-state index contributed by atoms with van der Waals surface area (Å²) in [6.45, 7) is 6.88. The van der Waals surface area contributed by atoms with Gasteiger partial charge in [0.15, 0.2) is 5.82 Å². The Morgan fingerprint density at radius 1 is 0.970 bits per heavy atom. The first-order chi connectivity index (χ1) is 16.1. The minimum atomic E-state index is 0.257. The highest BCUT2D eigenvalue weighted by atomic mass is 32.1. The molecule has 3 aliphatic heterocycles. The maximum atomic E-state index is 13.0. The standard InChI is InChI=1S/C23H30N8OS/c32-21(29-10-22(11-29)5-17(6-22)31-14-24-20(26-31)16-3-4-16)30-12-23(13-30)8-28(9-23)7-18-19(15-1-2-15)25-27-33-18/h14-17H,1-13H2. The molecule has 10 heteroatoms. The van der Waals surface area contributed by atoms with Crippen molar-refractivity contribution < 1.29 is 4.79 Å². The molecule has 0 bridgehead atoms. The summed E-state index contributed by atoms with van der Waals surface area (Å²) in [6.07, 6.45) is 9.25. The summed E-state index contributed by atoms with van der Waals surface area (Å²) in [6, 6.07) is 0.734. The molecule has 0 aromatic carbocycles. The average molecular weight is 467 g/mol. The van der Waals surface area contributed by atoms with E-state index in [9.17, 15) is 4.79 Å². The molecular weight excluding hydrogens is 436 g/mol. The fourth-order valence-electron chi connectivity index (χ4n) is 6.78. The molecule has 0 atom stereocenters. The number of carbonyl (C=O) groups is 1. The first-order valence-electron chi connectivity index (χ1n) is 12.6. The van der Waals surface area contributed by atoms with Crippen LogP contribution in [0, 0.1) is 10.8 Å². The molecule has 6 fully saturated rings. The lowest BCUT2D eigenvalue weighted by Crippen LogP contribution is -2.75. The molecule has 3 saturated carbocycles. The third-order valence-corrected chi connectivity index (χ3v) is 9.58. The van der Waals surface area contributed by atoms with E-state index in [2.05, 4.69) is 34.0 Å². The van der Waals surface area contributed by atoms with Gasteiger partial charge in [-0.05, 0) is 50.1 Å². The maximum absolute atomic E-state index is 13.0. The van der Waals surface area contributed by atoms with E-state index in [1.54, 1.807) is 11.5 Å². The number of nitrogens with zero attached hydrogens (tertiary/aromatic N) is 8. The largest absolute Gasteiger partial charge is 0.323 e. The van der Waals surface area contributed by atoms with Crippen LogP contribution in [0.4, 0.5) is 4.79 Å². The van der Waals surface area contributed by atoms with Crippen molar-refractivity contribution in [3.63, 3.8) is 0 Å². The van der Waals surface area contributed by atoms with Gasteiger partial charge >= 0.3 is 6.03 Å². The number of hydrogen-bond donors (Lipinski definition) is 0. The van der Waals surface area contributed by atoms with Crippen LogP contribution in [0.2, 0.25) is 0 Å². The molecule has 2 amide bonds. The van der Waals surface area contributed by atoms with Crippen LogP contribution < -0.4 is 0 Å². The highest BCUT2D eigenvalue weighted by molar-refractivity contribution is 7.05. The molecule has 174 valence electrons. The lowest BCUT2D eigenvalue weighted by atomic mass is 9.60. The average Bonchev–Trinajstić information content (AvgIpc) is 3.62. The topological polar surface area (TPSA) is 83.3 Å². The first-order valence-corrected chi connectivity index (χ1v) is 13.3. The van der Waals surface area contributed by atoms with Crippen LogP contribution >= 0.6 is 11.5 Å². The fraction of sp³-hybridized carbons (Fsp3) is 0.783. The van der Waals surface area contributed by atoms with E-state index in [0.717, 1.165) is 64.5 Å². The molecule has 5 heterocycles. The van der Waals surface area contributed by atoms with E-state index in [-0.39, 0.29) is 6.03 Å². The normalized spacial score (nSPS) is 27.9. The Labute approximate surface area is 197 Å². The fourth-order valence-corrected chi connectivity index (χ4v) is 7.55. The van der Waals surface area contributed by atoms with Gasteiger partial charge in [0.1, 0.15) is 6.33 Å². The van der Waals surface area contributed by atoms with Crippen LogP contribution in [0.25, 0.3) is 0 Å². The van der Waals surface area contributed by atoms with Crippen LogP contribution in [-0.4, -0.2) is 84.4 Å². The van der Waals surface area contributed by atoms with Crippen molar-refractivity contribution in [1.82, 2.24) is 39.1 Å². The van der Waals surface area contributed by atoms with Gasteiger partial charge in [0.25, 0.3) is 0 Å². The van der Waals surface area contributed by atoms with Gasteiger partial charge < -0.3 is 9.80 Å². The summed E-state index contributed by atoms with van der Waals surface area (Å²) in [5, 5.41) is 9.07. The Bertz CT molecular complexity index is 1090. The molecule has 0 N–H and O–H groups in total. The second-order valence-electron chi connectivity index (χ2n) is 11.9. The molecule has 2 spiro atoms. The van der Waals surface area contributed by atoms with Gasteiger partial charge in [-0.15, -0.1) is 5.10 Å². The first kappa shape index (κ1) is 19.3. The van der Waals surface area contributed by atoms with E-state index in [1.807, 2.05) is 6.33 Å². The molecule has 33 heavy (non-hydrogen) atoms. The molecule has 8 rings (SSSR count). The Morgan fingerprint density at radius 2 is 1.67 bits per heavy atom. The van der Waals surface area contributed by atoms with E-state index in [4.69, 9.17) is 5.10 Å². The Balaban J connectivity index is 0.794. The second-order valence-corrected chi connectivity index (χ2v) is 12.8. The summed E-state index contributed by atoms with van der Waals surface area (Å²) in [5.74, 6) is 2.33. The van der Waals surface area contributed by atoms with Gasteiger partial charge in [-0.2, -0.15) is 5.10 Å². The summed E-state index contributed by atoms with van der Waals surface area (Å²) < 4.78 is 6.27. The zero-order valence-corrected chi connectivity index (χ0v) is 19.7. The number of aromatic nitrogens is 5. The van der Waals surface area contributed by atoms with Crippen molar-refractivity contribution in [2.24, 2.45) is 10.8 Å². The van der Waals surface area contributed by atoms with Crippen LogP contribution in [0.15, 0.2) is 6.33 Å². The van der Waals surface area contributed by atoms with Crippen molar-refractivity contribution in [1.29, 1.82) is 0 Å². The van der Waals surface area contributed by atoms with Crippen molar-refractivity contribution in [3.05, 3.63) is 22.7 Å². The number of rotatable bonds is 5. The van der Waals surface area contributed by atoms with Crippen LogP contribution in [0.3, 0.4) is 0 Å². The lowest BCUT2D eigenvalue weighted by molar-refractivity contribution is -0.120. The molecule has 9 nitrogen and oxygen atoms in total. The monoisotopic (exact) mass is 466 g/mol. The van der Waals surface area contributed by atoms with Gasteiger partial charge in [0, 0.05) is 68.5 Å². The van der Waals surface area contributed by atoms with Crippen LogP contribution in [0.5, 0.6) is 0 Å². The van der Waals surface area contributed by atoms with E-state index in [1.165, 1.54) is 36.3 Å². The summed E-state index contributed by atoms with van der Waals surface area (Å²) in [7, 11) is 0. The Hall–Kier alpha value is -2.07. The molecule has 3 saturated heterocycles. The summed E-state index contributed by atoms with van der Waals surface area (Å²) in [4.78, 5) is 25.5. The predicted molar refractivity (Wildman–Crippen MR) is 121 cm³/mol. The van der Waals surface area contributed by atoms with Crippen molar-refractivity contribution in [2.75, 3.05) is 39.3 Å². The van der Waals surface area contributed by atoms with Gasteiger partial charge in [-0.25, -0.2) is 14.5 Å². The van der Waals surface area contributed by atoms with Gasteiger partial charge in [0.2, 0.25) is 0 Å².